The van der Waals surface area contributed by atoms with Crippen LogP contribution in [0.15, 0.2) is 20.4 Å². The smallest absolute Gasteiger partial charge is 0.355 e. The van der Waals surface area contributed by atoms with Gasteiger partial charge >= 0.3 is 5.97 Å². The summed E-state index contributed by atoms with van der Waals surface area (Å²) in [6, 6.07) is 0. The predicted molar refractivity (Wildman–Crippen MR) is 101 cm³/mol. The minimum Gasteiger partial charge on any atom is -0.455 e. The van der Waals surface area contributed by atoms with Gasteiger partial charge in [0.1, 0.15) is 11.3 Å². The first-order valence-electron chi connectivity index (χ1n) is 8.05. The van der Waals surface area contributed by atoms with Crippen LogP contribution < -0.4 is 0 Å². The lowest BCUT2D eigenvalue weighted by Crippen LogP contribution is -2.70. The zero-order chi connectivity index (χ0) is 19.4. The van der Waals surface area contributed by atoms with Crippen LogP contribution in [0.2, 0.25) is 0 Å². The van der Waals surface area contributed by atoms with Gasteiger partial charge < -0.3 is 9.47 Å². The first-order chi connectivity index (χ1) is 12.0. The maximum atomic E-state index is 13.2. The van der Waals surface area contributed by atoms with Gasteiger partial charge in [0.25, 0.3) is 5.91 Å². The minimum atomic E-state index is -3.85. The Balaban J connectivity index is 2.20. The Bertz CT molecular complexity index is 829. The van der Waals surface area contributed by atoms with E-state index in [4.69, 9.17) is 9.47 Å². The number of amides is 1. The van der Waals surface area contributed by atoms with Gasteiger partial charge in [0, 0.05) is 24.2 Å². The van der Waals surface area contributed by atoms with Gasteiger partial charge in [0.15, 0.2) is 11.5 Å². The molecule has 2 atom stereocenters. The molecule has 0 aliphatic carbocycles. The standard InChI is InChI=1S/C16H21NO6S3/c1-8-9(14(19)23-16(2,3)4)17-12(18)10(22-5)13(17)26(20,21)11(8)15-24-6-7-25-15/h10,13H,6-7H2,1-5H3/t10-,13?/m0/s1. The van der Waals surface area contributed by atoms with E-state index in [2.05, 4.69) is 0 Å². The van der Waals surface area contributed by atoms with Gasteiger partial charge in [-0.1, -0.05) is 0 Å². The van der Waals surface area contributed by atoms with E-state index >= 15 is 0 Å². The van der Waals surface area contributed by atoms with Crippen LogP contribution in [0.4, 0.5) is 0 Å². The molecule has 2 fully saturated rings. The number of nitrogens with zero attached hydrogens (tertiary/aromatic N) is 1. The average Bonchev–Trinajstić information content (AvgIpc) is 3.00. The van der Waals surface area contributed by atoms with Crippen molar-refractivity contribution in [1.82, 2.24) is 4.90 Å². The predicted octanol–water partition coefficient (Wildman–Crippen LogP) is 1.86. The number of carbonyl (C=O) groups is 2. The van der Waals surface area contributed by atoms with E-state index in [1.807, 2.05) is 0 Å². The number of ether oxygens (including phenoxy) is 2. The van der Waals surface area contributed by atoms with Crippen LogP contribution in [0.25, 0.3) is 0 Å². The Morgan fingerprint density at radius 1 is 1.23 bits per heavy atom. The van der Waals surface area contributed by atoms with Crippen molar-refractivity contribution in [1.29, 1.82) is 0 Å². The second kappa shape index (κ2) is 6.57. The molecule has 144 valence electrons. The summed E-state index contributed by atoms with van der Waals surface area (Å²) >= 11 is 2.90. The number of rotatable bonds is 2. The lowest BCUT2D eigenvalue weighted by Gasteiger charge is -2.49. The number of hydrogen-bond acceptors (Lipinski definition) is 8. The van der Waals surface area contributed by atoms with Crippen molar-refractivity contribution in [3.63, 3.8) is 0 Å². The molecule has 3 heterocycles. The Morgan fingerprint density at radius 2 is 1.81 bits per heavy atom. The van der Waals surface area contributed by atoms with Crippen LogP contribution in [-0.4, -0.2) is 60.9 Å². The molecule has 0 aromatic rings. The third-order valence-electron chi connectivity index (χ3n) is 4.11. The highest BCUT2D eigenvalue weighted by atomic mass is 32.2. The maximum Gasteiger partial charge on any atom is 0.355 e. The second-order valence-corrected chi connectivity index (χ2v) is 11.5. The van der Waals surface area contributed by atoms with Gasteiger partial charge in [-0.05, 0) is 27.7 Å². The van der Waals surface area contributed by atoms with Crippen molar-refractivity contribution in [2.75, 3.05) is 18.6 Å². The first kappa shape index (κ1) is 19.8. The fourth-order valence-corrected chi connectivity index (χ4v) is 8.63. The topological polar surface area (TPSA) is 90.0 Å². The Morgan fingerprint density at radius 3 is 2.31 bits per heavy atom. The SMILES string of the molecule is CO[C@H]1C(=O)N2C(C(=O)OC(C)(C)C)=C(C)C(=C3SCCS3)S(=O)(=O)C12. The fraction of sp³-hybridized carbons (Fsp3) is 0.625. The zero-order valence-electron chi connectivity index (χ0n) is 15.2. The fourth-order valence-electron chi connectivity index (χ4n) is 3.10. The molecule has 3 rings (SSSR count). The van der Waals surface area contributed by atoms with E-state index in [9.17, 15) is 18.0 Å². The Labute approximate surface area is 161 Å². The molecular formula is C16H21NO6S3. The third-order valence-corrected chi connectivity index (χ3v) is 9.26. The van der Waals surface area contributed by atoms with Crippen molar-refractivity contribution in [3.8, 4) is 0 Å². The lowest BCUT2D eigenvalue weighted by molar-refractivity contribution is -0.167. The number of fused-ring (bicyclic) bond motifs is 1. The van der Waals surface area contributed by atoms with E-state index in [-0.39, 0.29) is 16.2 Å². The monoisotopic (exact) mass is 419 g/mol. The molecule has 0 aromatic carbocycles. The minimum absolute atomic E-state index is 0.00588. The highest BCUT2D eigenvalue weighted by molar-refractivity contribution is 8.25. The van der Waals surface area contributed by atoms with E-state index in [0.29, 0.717) is 4.24 Å². The summed E-state index contributed by atoms with van der Waals surface area (Å²) in [4.78, 5) is 26.4. The molecule has 2 saturated heterocycles. The number of thioether (sulfide) groups is 2. The van der Waals surface area contributed by atoms with Crippen molar-refractivity contribution >= 4 is 45.2 Å². The molecule has 26 heavy (non-hydrogen) atoms. The number of β-lactam (4-membered cyclic amide) rings is 1. The summed E-state index contributed by atoms with van der Waals surface area (Å²) in [6.45, 7) is 6.71. The van der Waals surface area contributed by atoms with E-state index in [1.54, 1.807) is 27.7 Å². The molecule has 0 N–H and O–H groups in total. The van der Waals surface area contributed by atoms with Gasteiger partial charge in [-0.3, -0.25) is 9.69 Å². The summed E-state index contributed by atoms with van der Waals surface area (Å²) in [6.07, 6.45) is -1.11. The van der Waals surface area contributed by atoms with Crippen LogP contribution in [-0.2, 0) is 28.9 Å². The molecule has 7 nitrogen and oxygen atoms in total. The van der Waals surface area contributed by atoms with Gasteiger partial charge in [-0.15, -0.1) is 23.5 Å². The van der Waals surface area contributed by atoms with Crippen molar-refractivity contribution < 1.29 is 27.5 Å². The number of esters is 1. The number of hydrogen-bond donors (Lipinski definition) is 0. The van der Waals surface area contributed by atoms with Crippen LogP contribution >= 0.6 is 23.5 Å². The average molecular weight is 420 g/mol. The molecule has 3 aliphatic rings. The summed E-state index contributed by atoms with van der Waals surface area (Å²) in [5, 5.41) is -1.23. The molecule has 0 aromatic heterocycles. The Kier molecular flexibility index (Phi) is 5.00. The number of carbonyl (C=O) groups excluding carboxylic acids is 2. The van der Waals surface area contributed by atoms with Crippen LogP contribution in [0, 0.1) is 0 Å². The molecule has 0 radical (unpaired) electrons. The van der Waals surface area contributed by atoms with Gasteiger partial charge in [-0.2, -0.15) is 0 Å². The number of sulfone groups is 1. The molecule has 0 spiro atoms. The first-order valence-corrected chi connectivity index (χ1v) is 11.6. The van der Waals surface area contributed by atoms with Crippen molar-refractivity contribution in [3.05, 3.63) is 20.4 Å². The quantitative estimate of drug-likeness (QED) is 0.495. The summed E-state index contributed by atoms with van der Waals surface area (Å²) < 4.78 is 37.6. The molecule has 0 saturated carbocycles. The Hall–Kier alpha value is -0.970. The largest absolute Gasteiger partial charge is 0.455 e. The highest BCUT2D eigenvalue weighted by Crippen LogP contribution is 2.50. The summed E-state index contributed by atoms with van der Waals surface area (Å²) in [5.41, 5.74) is -0.515. The highest BCUT2D eigenvalue weighted by Gasteiger charge is 2.62. The molecule has 0 bridgehead atoms. The zero-order valence-corrected chi connectivity index (χ0v) is 17.6. The van der Waals surface area contributed by atoms with Gasteiger partial charge in [-0.25, -0.2) is 13.2 Å². The van der Waals surface area contributed by atoms with Crippen LogP contribution in [0.5, 0.6) is 0 Å². The maximum absolute atomic E-state index is 13.2. The van der Waals surface area contributed by atoms with Crippen molar-refractivity contribution in [2.45, 2.75) is 44.8 Å². The van der Waals surface area contributed by atoms with Crippen LogP contribution in [0.1, 0.15) is 27.7 Å². The van der Waals surface area contributed by atoms with E-state index < -0.39 is 38.8 Å². The van der Waals surface area contributed by atoms with Gasteiger partial charge in [0.05, 0.1) is 9.14 Å². The number of methoxy groups -OCH3 is 1. The molecule has 1 unspecified atom stereocenters. The van der Waals surface area contributed by atoms with Crippen LogP contribution in [0.3, 0.4) is 0 Å². The molecule has 3 aliphatic heterocycles. The third kappa shape index (κ3) is 3.00. The summed E-state index contributed by atoms with van der Waals surface area (Å²) in [7, 11) is -2.56. The molecular weight excluding hydrogens is 398 g/mol. The van der Waals surface area contributed by atoms with E-state index in [1.165, 1.54) is 30.6 Å². The normalized spacial score (nSPS) is 28.2. The molecule has 10 heteroatoms. The van der Waals surface area contributed by atoms with Gasteiger partial charge in [0.2, 0.25) is 9.84 Å². The number of allylic oxidation sites excluding steroid dienone is 1. The van der Waals surface area contributed by atoms with Crippen molar-refractivity contribution in [2.24, 2.45) is 0 Å². The van der Waals surface area contributed by atoms with E-state index in [0.717, 1.165) is 16.4 Å². The second-order valence-electron chi connectivity index (χ2n) is 7.09. The molecule has 1 amide bonds. The summed E-state index contributed by atoms with van der Waals surface area (Å²) in [5.74, 6) is 0.352. The lowest BCUT2D eigenvalue weighted by atomic mass is 10.0.